The van der Waals surface area contributed by atoms with Gasteiger partial charge in [-0.25, -0.2) is 8.78 Å². The van der Waals surface area contributed by atoms with Crippen molar-refractivity contribution in [2.45, 2.75) is 32.2 Å². The third-order valence-electron chi connectivity index (χ3n) is 3.22. The minimum absolute atomic E-state index is 0.309. The monoisotopic (exact) mass is 267 g/mol. The van der Waals surface area contributed by atoms with Crippen LogP contribution in [-0.4, -0.2) is 13.2 Å². The van der Waals surface area contributed by atoms with Crippen LogP contribution in [0.1, 0.15) is 37.8 Å². The van der Waals surface area contributed by atoms with Gasteiger partial charge in [0.25, 0.3) is 0 Å². The highest BCUT2D eigenvalue weighted by Gasteiger charge is 2.22. The molecule has 104 valence electrons. The molecule has 1 aliphatic rings. The summed E-state index contributed by atoms with van der Waals surface area (Å²) >= 11 is 0. The third kappa shape index (κ3) is 3.32. The normalized spacial score (nSPS) is 16.7. The second kappa shape index (κ2) is 6.66. The highest BCUT2D eigenvalue weighted by molar-refractivity contribution is 5.30. The molecule has 19 heavy (non-hydrogen) atoms. The van der Waals surface area contributed by atoms with Crippen LogP contribution in [0, 0.1) is 11.6 Å². The molecule has 1 aromatic rings. The van der Waals surface area contributed by atoms with Crippen LogP contribution in [-0.2, 0) is 4.74 Å². The van der Waals surface area contributed by atoms with Gasteiger partial charge in [0.15, 0.2) is 11.6 Å². The Morgan fingerprint density at radius 1 is 1.37 bits per heavy atom. The van der Waals surface area contributed by atoms with E-state index < -0.39 is 11.6 Å². The van der Waals surface area contributed by atoms with E-state index in [4.69, 9.17) is 4.74 Å². The summed E-state index contributed by atoms with van der Waals surface area (Å²) in [6, 6.07) is 4.00. The van der Waals surface area contributed by atoms with Crippen LogP contribution in [0.4, 0.5) is 8.78 Å². The van der Waals surface area contributed by atoms with Crippen molar-refractivity contribution in [1.29, 1.82) is 0 Å². The van der Waals surface area contributed by atoms with E-state index in [1.54, 1.807) is 18.4 Å². The van der Waals surface area contributed by atoms with E-state index in [-0.39, 0.29) is 6.04 Å². The Labute approximate surface area is 112 Å². The summed E-state index contributed by atoms with van der Waals surface area (Å²) in [6.07, 6.45) is 4.37. The molecule has 0 aromatic heterocycles. The average molecular weight is 267 g/mol. The van der Waals surface area contributed by atoms with Crippen molar-refractivity contribution in [3.63, 3.8) is 0 Å². The van der Waals surface area contributed by atoms with E-state index in [1.807, 2.05) is 6.92 Å². The van der Waals surface area contributed by atoms with E-state index in [2.05, 4.69) is 5.32 Å². The molecule has 0 aliphatic carbocycles. The highest BCUT2D eigenvalue weighted by atomic mass is 19.2. The Balaban J connectivity index is 2.30. The van der Waals surface area contributed by atoms with Crippen LogP contribution in [0.15, 0.2) is 30.0 Å². The molecule has 1 unspecified atom stereocenters. The number of rotatable bonds is 5. The zero-order valence-corrected chi connectivity index (χ0v) is 11.1. The molecule has 0 spiro atoms. The van der Waals surface area contributed by atoms with Crippen molar-refractivity contribution in [3.05, 3.63) is 47.2 Å². The van der Waals surface area contributed by atoms with E-state index in [1.165, 1.54) is 0 Å². The van der Waals surface area contributed by atoms with Gasteiger partial charge in [-0.15, -0.1) is 0 Å². The molecule has 0 saturated carbocycles. The lowest BCUT2D eigenvalue weighted by atomic mass is 9.94. The summed E-state index contributed by atoms with van der Waals surface area (Å²) in [6.45, 7) is 3.48. The summed E-state index contributed by atoms with van der Waals surface area (Å²) in [7, 11) is 0. The molecule has 4 heteroatoms. The Morgan fingerprint density at radius 3 is 2.89 bits per heavy atom. The SMILES string of the molecule is CCCNC(C1=COCCC1)c1cccc(F)c1F. The molecule has 1 heterocycles. The van der Waals surface area contributed by atoms with Gasteiger partial charge in [0.2, 0.25) is 0 Å². The first-order valence-corrected chi connectivity index (χ1v) is 6.72. The fourth-order valence-corrected chi connectivity index (χ4v) is 2.27. The Hall–Kier alpha value is -1.42. The topological polar surface area (TPSA) is 21.3 Å². The van der Waals surface area contributed by atoms with Gasteiger partial charge in [0.1, 0.15) is 0 Å². The number of hydrogen-bond acceptors (Lipinski definition) is 2. The average Bonchev–Trinajstić information content (AvgIpc) is 2.45. The van der Waals surface area contributed by atoms with Crippen LogP contribution >= 0.6 is 0 Å². The minimum atomic E-state index is -0.807. The molecular formula is C15H19F2NO. The molecule has 1 atom stereocenters. The molecule has 0 saturated heterocycles. The van der Waals surface area contributed by atoms with E-state index in [0.717, 1.165) is 37.4 Å². The standard InChI is InChI=1S/C15H19F2NO/c1-2-8-18-15(11-5-4-9-19-10-11)12-6-3-7-13(16)14(12)17/h3,6-7,10,15,18H,2,4-5,8-9H2,1H3. The highest BCUT2D eigenvalue weighted by Crippen LogP contribution is 2.30. The van der Waals surface area contributed by atoms with E-state index in [9.17, 15) is 8.78 Å². The maximum absolute atomic E-state index is 14.0. The van der Waals surface area contributed by atoms with Gasteiger partial charge in [-0.05, 0) is 37.4 Å². The number of ether oxygens (including phenoxy) is 1. The fourth-order valence-electron chi connectivity index (χ4n) is 2.27. The molecule has 0 bridgehead atoms. The summed E-state index contributed by atoms with van der Waals surface area (Å²) in [5.74, 6) is -1.58. The van der Waals surface area contributed by atoms with Crippen molar-refractivity contribution in [3.8, 4) is 0 Å². The summed E-state index contributed by atoms with van der Waals surface area (Å²) < 4.78 is 32.6. The molecule has 1 aromatic carbocycles. The van der Waals surface area contributed by atoms with Gasteiger partial charge in [0.05, 0.1) is 18.9 Å². The predicted molar refractivity (Wildman–Crippen MR) is 70.7 cm³/mol. The van der Waals surface area contributed by atoms with Crippen molar-refractivity contribution in [2.75, 3.05) is 13.2 Å². The van der Waals surface area contributed by atoms with E-state index in [0.29, 0.717) is 12.2 Å². The predicted octanol–water partition coefficient (Wildman–Crippen LogP) is 3.70. The Kier molecular flexibility index (Phi) is 4.91. The second-order valence-corrected chi connectivity index (χ2v) is 4.70. The molecule has 2 nitrogen and oxygen atoms in total. The maximum Gasteiger partial charge on any atom is 0.163 e. The summed E-state index contributed by atoms with van der Waals surface area (Å²) in [5.41, 5.74) is 1.33. The molecule has 0 fully saturated rings. The number of halogens is 2. The zero-order valence-electron chi connectivity index (χ0n) is 11.1. The lowest BCUT2D eigenvalue weighted by Crippen LogP contribution is -2.26. The van der Waals surface area contributed by atoms with Crippen molar-refractivity contribution in [1.82, 2.24) is 5.32 Å². The molecule has 0 radical (unpaired) electrons. The molecule has 2 rings (SSSR count). The first-order valence-electron chi connectivity index (χ1n) is 6.72. The smallest absolute Gasteiger partial charge is 0.163 e. The zero-order chi connectivity index (χ0) is 13.7. The van der Waals surface area contributed by atoms with Crippen molar-refractivity contribution in [2.24, 2.45) is 0 Å². The summed E-state index contributed by atoms with van der Waals surface area (Å²) in [4.78, 5) is 0. The Morgan fingerprint density at radius 2 is 2.21 bits per heavy atom. The first kappa shape index (κ1) is 14.0. The van der Waals surface area contributed by atoms with Crippen LogP contribution in [0.25, 0.3) is 0 Å². The fraction of sp³-hybridized carbons (Fsp3) is 0.467. The Bertz CT molecular complexity index is 459. The van der Waals surface area contributed by atoms with Crippen LogP contribution < -0.4 is 5.32 Å². The van der Waals surface area contributed by atoms with Gasteiger partial charge < -0.3 is 10.1 Å². The molecular weight excluding hydrogens is 248 g/mol. The largest absolute Gasteiger partial charge is 0.501 e. The number of hydrogen-bond donors (Lipinski definition) is 1. The third-order valence-corrected chi connectivity index (χ3v) is 3.22. The van der Waals surface area contributed by atoms with Gasteiger partial charge in [-0.3, -0.25) is 0 Å². The lowest BCUT2D eigenvalue weighted by molar-refractivity contribution is 0.219. The lowest BCUT2D eigenvalue weighted by Gasteiger charge is -2.25. The van der Waals surface area contributed by atoms with Gasteiger partial charge in [0, 0.05) is 5.56 Å². The minimum Gasteiger partial charge on any atom is -0.501 e. The second-order valence-electron chi connectivity index (χ2n) is 4.70. The maximum atomic E-state index is 14.0. The van der Waals surface area contributed by atoms with Crippen LogP contribution in [0.5, 0.6) is 0 Å². The molecule has 1 aliphatic heterocycles. The van der Waals surface area contributed by atoms with Crippen LogP contribution in [0.3, 0.4) is 0 Å². The van der Waals surface area contributed by atoms with Crippen molar-refractivity contribution < 1.29 is 13.5 Å². The number of nitrogens with one attached hydrogen (secondary N) is 1. The van der Waals surface area contributed by atoms with E-state index >= 15 is 0 Å². The molecule has 1 N–H and O–H groups in total. The summed E-state index contributed by atoms with van der Waals surface area (Å²) in [5, 5.41) is 3.27. The van der Waals surface area contributed by atoms with Crippen molar-refractivity contribution >= 4 is 0 Å². The number of benzene rings is 1. The molecule has 0 amide bonds. The van der Waals surface area contributed by atoms with Gasteiger partial charge in [-0.1, -0.05) is 19.1 Å². The van der Waals surface area contributed by atoms with Gasteiger partial charge in [-0.2, -0.15) is 0 Å². The quantitative estimate of drug-likeness (QED) is 0.878. The van der Waals surface area contributed by atoms with Crippen LogP contribution in [0.2, 0.25) is 0 Å². The van der Waals surface area contributed by atoms with Gasteiger partial charge >= 0.3 is 0 Å². The first-order chi connectivity index (χ1) is 9.24.